The van der Waals surface area contributed by atoms with E-state index in [1.807, 2.05) is 5.10 Å². The molecule has 0 aliphatic carbocycles. The van der Waals surface area contributed by atoms with Crippen LogP contribution < -0.4 is 10.6 Å². The summed E-state index contributed by atoms with van der Waals surface area (Å²) in [4.78, 5) is 12.8. The van der Waals surface area contributed by atoms with Gasteiger partial charge in [-0.2, -0.15) is 18.3 Å². The molecule has 0 spiro atoms. The summed E-state index contributed by atoms with van der Waals surface area (Å²) in [6, 6.07) is 0.830. The van der Waals surface area contributed by atoms with Gasteiger partial charge in [0, 0.05) is 19.0 Å². The zero-order chi connectivity index (χ0) is 12.6. The van der Waals surface area contributed by atoms with Crippen LogP contribution in [0.4, 0.5) is 19.0 Å². The zero-order valence-corrected chi connectivity index (χ0v) is 8.79. The van der Waals surface area contributed by atoms with E-state index in [9.17, 15) is 18.0 Å². The third-order valence-electron chi connectivity index (χ3n) is 2.68. The fraction of sp³-hybridized carbons (Fsp3) is 0.556. The van der Waals surface area contributed by atoms with Gasteiger partial charge < -0.3 is 5.73 Å². The first-order valence-electron chi connectivity index (χ1n) is 5.05. The van der Waals surface area contributed by atoms with Crippen LogP contribution in [0.5, 0.6) is 0 Å². The highest BCUT2D eigenvalue weighted by Gasteiger charge is 2.36. The van der Waals surface area contributed by atoms with Gasteiger partial charge in [-0.3, -0.25) is 14.8 Å². The number of rotatable bonds is 2. The first kappa shape index (κ1) is 11.9. The van der Waals surface area contributed by atoms with Crippen LogP contribution in [-0.2, 0) is 11.0 Å². The van der Waals surface area contributed by atoms with Gasteiger partial charge in [0.15, 0.2) is 5.82 Å². The minimum atomic E-state index is -4.48. The molecule has 8 heteroatoms. The molecule has 1 aliphatic heterocycles. The average Bonchev–Trinajstić information content (AvgIpc) is 2.82. The Balaban J connectivity index is 2.19. The van der Waals surface area contributed by atoms with E-state index < -0.39 is 11.9 Å². The Hall–Kier alpha value is -1.57. The Morgan fingerprint density at radius 2 is 2.29 bits per heavy atom. The molecule has 94 valence electrons. The lowest BCUT2D eigenvalue weighted by Gasteiger charge is -2.12. The number of carbonyl (C=O) groups excluding carboxylic acids is 1. The molecule has 3 N–H and O–H groups in total. The highest BCUT2D eigenvalue weighted by molar-refractivity contribution is 5.94. The molecule has 0 aromatic carbocycles. The van der Waals surface area contributed by atoms with Crippen molar-refractivity contribution in [1.29, 1.82) is 0 Å². The van der Waals surface area contributed by atoms with Gasteiger partial charge in [0.25, 0.3) is 0 Å². The molecular weight excluding hydrogens is 237 g/mol. The van der Waals surface area contributed by atoms with Crippen LogP contribution in [0.3, 0.4) is 0 Å². The molecule has 1 fully saturated rings. The number of aromatic amines is 1. The number of halogens is 3. The molecule has 1 aromatic heterocycles. The van der Waals surface area contributed by atoms with Gasteiger partial charge in [0.2, 0.25) is 5.91 Å². The maximum atomic E-state index is 12.3. The lowest BCUT2D eigenvalue weighted by Crippen LogP contribution is -2.26. The van der Waals surface area contributed by atoms with Crippen molar-refractivity contribution in [1.82, 2.24) is 10.2 Å². The maximum absolute atomic E-state index is 12.3. The van der Waals surface area contributed by atoms with Crippen molar-refractivity contribution in [2.75, 3.05) is 18.0 Å². The minimum absolute atomic E-state index is 0.00160. The molecule has 1 aromatic rings. The number of hydrogen-bond donors (Lipinski definition) is 2. The van der Waals surface area contributed by atoms with E-state index in [2.05, 4.69) is 5.10 Å². The van der Waals surface area contributed by atoms with Gasteiger partial charge in [-0.05, 0) is 12.5 Å². The van der Waals surface area contributed by atoms with Gasteiger partial charge in [0.1, 0.15) is 5.69 Å². The lowest BCUT2D eigenvalue weighted by molar-refractivity contribution is -0.141. The molecule has 17 heavy (non-hydrogen) atoms. The summed E-state index contributed by atoms with van der Waals surface area (Å²) >= 11 is 0. The van der Waals surface area contributed by atoms with Gasteiger partial charge in [0.05, 0.1) is 0 Å². The molecule has 1 amide bonds. The number of aromatic nitrogens is 2. The van der Waals surface area contributed by atoms with Crippen LogP contribution >= 0.6 is 0 Å². The maximum Gasteiger partial charge on any atom is 0.432 e. The molecule has 1 saturated heterocycles. The van der Waals surface area contributed by atoms with Crippen molar-refractivity contribution in [3.63, 3.8) is 0 Å². The van der Waals surface area contributed by atoms with E-state index in [4.69, 9.17) is 5.73 Å². The predicted octanol–water partition coefficient (Wildman–Crippen LogP) is 0.740. The smallest absolute Gasteiger partial charge is 0.330 e. The number of nitrogens with zero attached hydrogens (tertiary/aromatic N) is 2. The summed E-state index contributed by atoms with van der Waals surface area (Å²) < 4.78 is 37.0. The molecule has 0 radical (unpaired) electrons. The Bertz CT molecular complexity index is 428. The normalized spacial score (nSPS) is 21.3. The standard InChI is InChI=1S/C9H11F3N4O/c10-9(11,12)6-2-7(15-14-6)16-4-5(3-13)1-8(16)17/h2,5H,1,3-4,13H2,(H,14,15). The second kappa shape index (κ2) is 4.02. The molecular formula is C9H11F3N4O. The van der Waals surface area contributed by atoms with E-state index in [0.717, 1.165) is 6.07 Å². The van der Waals surface area contributed by atoms with Crippen molar-refractivity contribution < 1.29 is 18.0 Å². The molecule has 5 nitrogen and oxygen atoms in total. The summed E-state index contributed by atoms with van der Waals surface area (Å²) in [5.74, 6) is -0.271. The SMILES string of the molecule is NCC1CC(=O)N(c2cc(C(F)(F)F)[nH]n2)C1. The topological polar surface area (TPSA) is 75.0 Å². The first-order valence-corrected chi connectivity index (χ1v) is 5.05. The number of carbonyl (C=O) groups is 1. The molecule has 0 saturated carbocycles. The van der Waals surface area contributed by atoms with Crippen LogP contribution in [0, 0.1) is 5.92 Å². The minimum Gasteiger partial charge on any atom is -0.330 e. The summed E-state index contributed by atoms with van der Waals surface area (Å²) in [5.41, 5.74) is 4.46. The van der Waals surface area contributed by atoms with Crippen molar-refractivity contribution in [3.05, 3.63) is 11.8 Å². The number of nitrogens with one attached hydrogen (secondary N) is 1. The highest BCUT2D eigenvalue weighted by Crippen LogP contribution is 2.31. The van der Waals surface area contributed by atoms with Crippen molar-refractivity contribution in [2.24, 2.45) is 11.7 Å². The molecule has 0 bridgehead atoms. The summed E-state index contributed by atoms with van der Waals surface area (Å²) in [7, 11) is 0. The second-order valence-electron chi connectivity index (χ2n) is 3.95. The van der Waals surface area contributed by atoms with Gasteiger partial charge in [-0.1, -0.05) is 0 Å². The predicted molar refractivity (Wildman–Crippen MR) is 53.1 cm³/mol. The number of H-pyrrole nitrogens is 1. The fourth-order valence-corrected chi connectivity index (χ4v) is 1.76. The molecule has 1 aliphatic rings. The number of alkyl halides is 3. The van der Waals surface area contributed by atoms with Crippen LogP contribution in [0.15, 0.2) is 6.07 Å². The average molecular weight is 248 g/mol. The van der Waals surface area contributed by atoms with E-state index >= 15 is 0 Å². The third kappa shape index (κ3) is 2.26. The number of anilines is 1. The van der Waals surface area contributed by atoms with Crippen LogP contribution in [0.1, 0.15) is 12.1 Å². The quantitative estimate of drug-likeness (QED) is 0.810. The van der Waals surface area contributed by atoms with E-state index in [1.54, 1.807) is 0 Å². The third-order valence-corrected chi connectivity index (χ3v) is 2.68. The Kier molecular flexibility index (Phi) is 2.82. The van der Waals surface area contributed by atoms with Crippen LogP contribution in [0.2, 0.25) is 0 Å². The fourth-order valence-electron chi connectivity index (χ4n) is 1.76. The molecule has 2 rings (SSSR count). The summed E-state index contributed by atoms with van der Waals surface area (Å²) in [6.45, 7) is 0.649. The van der Waals surface area contributed by atoms with Crippen LogP contribution in [-0.4, -0.2) is 29.2 Å². The van der Waals surface area contributed by atoms with E-state index in [-0.39, 0.29) is 24.1 Å². The van der Waals surface area contributed by atoms with Crippen molar-refractivity contribution >= 4 is 11.7 Å². The van der Waals surface area contributed by atoms with Gasteiger partial charge in [-0.25, -0.2) is 0 Å². The van der Waals surface area contributed by atoms with Gasteiger partial charge in [-0.15, -0.1) is 0 Å². The molecule has 1 unspecified atom stereocenters. The summed E-state index contributed by atoms with van der Waals surface area (Å²) in [5, 5.41) is 5.38. The van der Waals surface area contributed by atoms with Crippen LogP contribution in [0.25, 0.3) is 0 Å². The van der Waals surface area contributed by atoms with E-state index in [0.29, 0.717) is 13.1 Å². The highest BCUT2D eigenvalue weighted by atomic mass is 19.4. The van der Waals surface area contributed by atoms with Crippen molar-refractivity contribution in [2.45, 2.75) is 12.6 Å². The Morgan fingerprint density at radius 3 is 2.76 bits per heavy atom. The zero-order valence-electron chi connectivity index (χ0n) is 8.79. The Morgan fingerprint density at radius 1 is 1.59 bits per heavy atom. The number of nitrogens with two attached hydrogens (primary N) is 1. The Labute approximate surface area is 94.8 Å². The molecule has 2 heterocycles. The monoisotopic (exact) mass is 248 g/mol. The number of amides is 1. The number of hydrogen-bond acceptors (Lipinski definition) is 3. The van der Waals surface area contributed by atoms with Crippen molar-refractivity contribution in [3.8, 4) is 0 Å². The molecule has 1 atom stereocenters. The first-order chi connectivity index (χ1) is 7.91. The second-order valence-corrected chi connectivity index (χ2v) is 3.95. The van der Waals surface area contributed by atoms with E-state index in [1.165, 1.54) is 4.90 Å². The van der Waals surface area contributed by atoms with Gasteiger partial charge >= 0.3 is 6.18 Å². The summed E-state index contributed by atoms with van der Waals surface area (Å²) in [6.07, 6.45) is -4.23. The lowest BCUT2D eigenvalue weighted by atomic mass is 10.1. The largest absolute Gasteiger partial charge is 0.432 e.